The van der Waals surface area contributed by atoms with E-state index in [0.717, 1.165) is 11.4 Å². The van der Waals surface area contributed by atoms with Crippen LogP contribution in [0.4, 0.5) is 5.95 Å². The third-order valence-electron chi connectivity index (χ3n) is 1.78. The molecule has 0 radical (unpaired) electrons. The molecule has 0 aliphatic heterocycles. The molecular formula is C8H11N7. The molecule has 0 aromatic carbocycles. The van der Waals surface area contributed by atoms with Crippen LogP contribution in [0.25, 0.3) is 0 Å². The van der Waals surface area contributed by atoms with E-state index in [2.05, 4.69) is 35.9 Å². The van der Waals surface area contributed by atoms with E-state index < -0.39 is 0 Å². The fraction of sp³-hybridized carbons (Fsp3) is 0.375. The third kappa shape index (κ3) is 2.46. The van der Waals surface area contributed by atoms with Crippen LogP contribution in [-0.2, 0) is 6.54 Å². The van der Waals surface area contributed by atoms with Gasteiger partial charge in [0, 0.05) is 11.4 Å². The van der Waals surface area contributed by atoms with E-state index >= 15 is 0 Å². The van der Waals surface area contributed by atoms with Gasteiger partial charge in [0.1, 0.15) is 0 Å². The van der Waals surface area contributed by atoms with Gasteiger partial charge in [-0.15, -0.1) is 10.2 Å². The molecule has 2 aromatic rings. The van der Waals surface area contributed by atoms with Gasteiger partial charge in [-0.3, -0.25) is 0 Å². The van der Waals surface area contributed by atoms with Crippen LogP contribution in [0, 0.1) is 13.8 Å². The molecule has 0 amide bonds. The van der Waals surface area contributed by atoms with E-state index in [9.17, 15) is 0 Å². The molecule has 2 N–H and O–H groups in total. The maximum atomic E-state index is 4.23. The number of nitrogens with one attached hydrogen (secondary N) is 2. The Balaban J connectivity index is 2.05. The molecule has 2 rings (SSSR count). The molecule has 0 saturated heterocycles. The summed E-state index contributed by atoms with van der Waals surface area (Å²) in [5.41, 5.74) is 1.86. The van der Waals surface area contributed by atoms with Gasteiger partial charge in [-0.2, -0.15) is 5.21 Å². The number of tetrazole rings is 1. The molecule has 0 aliphatic carbocycles. The Kier molecular flexibility index (Phi) is 2.53. The molecule has 2 aromatic heterocycles. The lowest BCUT2D eigenvalue weighted by molar-refractivity contribution is 0.881. The van der Waals surface area contributed by atoms with Gasteiger partial charge in [0.15, 0.2) is 5.82 Å². The standard InChI is InChI=1S/C8H11N7/c1-5-3-6(2)11-8(10-5)9-4-7-12-14-15-13-7/h3H,4H2,1-2H3,(H,9,10,11)(H,12,13,14,15). The van der Waals surface area contributed by atoms with E-state index in [1.54, 1.807) is 0 Å². The van der Waals surface area contributed by atoms with E-state index in [1.807, 2.05) is 19.9 Å². The van der Waals surface area contributed by atoms with Crippen LogP contribution in [0.2, 0.25) is 0 Å². The highest BCUT2D eigenvalue weighted by atomic mass is 15.5. The van der Waals surface area contributed by atoms with Crippen LogP contribution < -0.4 is 5.32 Å². The number of hydrogen-bond acceptors (Lipinski definition) is 6. The monoisotopic (exact) mass is 205 g/mol. The highest BCUT2D eigenvalue weighted by Crippen LogP contribution is 2.04. The molecular weight excluding hydrogens is 194 g/mol. The zero-order valence-electron chi connectivity index (χ0n) is 8.52. The fourth-order valence-corrected chi connectivity index (χ4v) is 1.22. The zero-order chi connectivity index (χ0) is 10.7. The quantitative estimate of drug-likeness (QED) is 0.744. The first-order chi connectivity index (χ1) is 7.24. The Morgan fingerprint density at radius 1 is 1.27 bits per heavy atom. The van der Waals surface area contributed by atoms with Crippen molar-refractivity contribution in [3.8, 4) is 0 Å². The second-order valence-electron chi connectivity index (χ2n) is 3.16. The van der Waals surface area contributed by atoms with Gasteiger partial charge in [-0.05, 0) is 19.9 Å². The Hall–Kier alpha value is -2.05. The highest BCUT2D eigenvalue weighted by Gasteiger charge is 2.01. The Labute approximate surface area is 86.3 Å². The van der Waals surface area contributed by atoms with Gasteiger partial charge >= 0.3 is 0 Å². The summed E-state index contributed by atoms with van der Waals surface area (Å²) in [5, 5.41) is 16.5. The third-order valence-corrected chi connectivity index (χ3v) is 1.78. The SMILES string of the molecule is Cc1cc(C)nc(NCc2nn[nH]n2)n1. The summed E-state index contributed by atoms with van der Waals surface area (Å²) >= 11 is 0. The Bertz CT molecular complexity index is 416. The maximum Gasteiger partial charge on any atom is 0.223 e. The average molecular weight is 205 g/mol. The number of H-pyrrole nitrogens is 1. The van der Waals surface area contributed by atoms with Crippen molar-refractivity contribution < 1.29 is 0 Å². The summed E-state index contributed by atoms with van der Waals surface area (Å²) in [4.78, 5) is 8.45. The van der Waals surface area contributed by atoms with Gasteiger partial charge < -0.3 is 5.32 Å². The predicted molar refractivity (Wildman–Crippen MR) is 53.0 cm³/mol. The van der Waals surface area contributed by atoms with E-state index in [4.69, 9.17) is 0 Å². The van der Waals surface area contributed by atoms with Crippen molar-refractivity contribution in [3.05, 3.63) is 23.3 Å². The normalized spacial score (nSPS) is 10.3. The molecule has 7 nitrogen and oxygen atoms in total. The zero-order valence-corrected chi connectivity index (χ0v) is 8.52. The van der Waals surface area contributed by atoms with Crippen LogP contribution in [0.1, 0.15) is 17.2 Å². The summed E-state index contributed by atoms with van der Waals surface area (Å²) in [6.45, 7) is 4.31. The number of aromatic amines is 1. The number of hydrogen-bond donors (Lipinski definition) is 2. The molecule has 0 spiro atoms. The van der Waals surface area contributed by atoms with Crippen LogP contribution in [-0.4, -0.2) is 30.6 Å². The van der Waals surface area contributed by atoms with Crippen molar-refractivity contribution in [1.82, 2.24) is 30.6 Å². The number of aromatic nitrogens is 6. The van der Waals surface area contributed by atoms with Gasteiger partial charge in [0.05, 0.1) is 6.54 Å². The molecule has 78 valence electrons. The average Bonchev–Trinajstić information content (AvgIpc) is 2.65. The maximum absolute atomic E-state index is 4.23. The van der Waals surface area contributed by atoms with Crippen LogP contribution in [0.3, 0.4) is 0 Å². The minimum atomic E-state index is 0.458. The van der Waals surface area contributed by atoms with Gasteiger partial charge in [-0.25, -0.2) is 9.97 Å². The van der Waals surface area contributed by atoms with Crippen molar-refractivity contribution in [2.75, 3.05) is 5.32 Å². The van der Waals surface area contributed by atoms with Crippen molar-refractivity contribution in [1.29, 1.82) is 0 Å². The molecule has 0 saturated carbocycles. The van der Waals surface area contributed by atoms with Gasteiger partial charge in [0.25, 0.3) is 0 Å². The molecule has 15 heavy (non-hydrogen) atoms. The molecule has 0 atom stereocenters. The largest absolute Gasteiger partial charge is 0.347 e. The molecule has 7 heteroatoms. The highest BCUT2D eigenvalue weighted by molar-refractivity contribution is 5.27. The van der Waals surface area contributed by atoms with Gasteiger partial charge in [0.2, 0.25) is 5.95 Å². The molecule has 0 bridgehead atoms. The minimum Gasteiger partial charge on any atom is -0.347 e. The lowest BCUT2D eigenvalue weighted by atomic mass is 10.4. The van der Waals surface area contributed by atoms with Crippen molar-refractivity contribution >= 4 is 5.95 Å². The summed E-state index contributed by atoms with van der Waals surface area (Å²) in [6.07, 6.45) is 0. The first-order valence-electron chi connectivity index (χ1n) is 4.52. The first-order valence-corrected chi connectivity index (χ1v) is 4.52. The molecule has 0 aliphatic rings. The van der Waals surface area contributed by atoms with Crippen molar-refractivity contribution in [2.45, 2.75) is 20.4 Å². The van der Waals surface area contributed by atoms with E-state index in [-0.39, 0.29) is 0 Å². The van der Waals surface area contributed by atoms with E-state index in [1.165, 1.54) is 0 Å². The first kappa shape index (κ1) is 9.50. The number of rotatable bonds is 3. The number of aryl methyl sites for hydroxylation is 2. The lowest BCUT2D eigenvalue weighted by Gasteiger charge is -2.03. The van der Waals surface area contributed by atoms with Crippen LogP contribution >= 0.6 is 0 Å². The molecule has 0 fully saturated rings. The molecule has 2 heterocycles. The predicted octanol–water partition coefficient (Wildman–Crippen LogP) is 0.219. The number of nitrogens with zero attached hydrogens (tertiary/aromatic N) is 5. The smallest absolute Gasteiger partial charge is 0.223 e. The summed E-state index contributed by atoms with van der Waals surface area (Å²) in [7, 11) is 0. The van der Waals surface area contributed by atoms with Crippen molar-refractivity contribution in [2.24, 2.45) is 0 Å². The summed E-state index contributed by atoms with van der Waals surface area (Å²) < 4.78 is 0. The molecule has 0 unspecified atom stereocenters. The fourth-order valence-electron chi connectivity index (χ4n) is 1.22. The lowest BCUT2D eigenvalue weighted by Crippen LogP contribution is -2.06. The van der Waals surface area contributed by atoms with Crippen LogP contribution in [0.15, 0.2) is 6.07 Å². The topological polar surface area (TPSA) is 92.3 Å². The number of anilines is 1. The van der Waals surface area contributed by atoms with Crippen LogP contribution in [0.5, 0.6) is 0 Å². The van der Waals surface area contributed by atoms with E-state index in [0.29, 0.717) is 18.3 Å². The summed E-state index contributed by atoms with van der Waals surface area (Å²) in [5.74, 6) is 1.16. The summed E-state index contributed by atoms with van der Waals surface area (Å²) in [6, 6.07) is 1.92. The Morgan fingerprint density at radius 3 is 2.60 bits per heavy atom. The van der Waals surface area contributed by atoms with Gasteiger partial charge in [-0.1, -0.05) is 5.21 Å². The second kappa shape index (κ2) is 3.99. The minimum absolute atomic E-state index is 0.458. The Morgan fingerprint density at radius 2 is 2.00 bits per heavy atom. The van der Waals surface area contributed by atoms with Crippen molar-refractivity contribution in [3.63, 3.8) is 0 Å². The second-order valence-corrected chi connectivity index (χ2v) is 3.16.